The standard InChI is InChI=1S/C33H42N3O10P/c1-4-7-9-14-27(28(5-2)36(22-37)45-31(38)17-23-12-10-8-11-13-23)32(39)34-21-35-33(40)30-16-15-29(44-30)24-18-25(43-6-3)20-26(19-24)46-47(41)42/h8,10-13,15-16,18-20,22,27-28,47H,4-7,9,14,17,21H2,1-3H3,(H,34,39)(H,35,40)(H,41,42). The third-order valence-electron chi connectivity index (χ3n) is 7.19. The molecule has 0 fully saturated rings. The van der Waals surface area contributed by atoms with Gasteiger partial charge in [0, 0.05) is 11.6 Å². The number of carbonyl (C=O) groups is 4. The summed E-state index contributed by atoms with van der Waals surface area (Å²) in [5, 5.41) is 6.21. The number of rotatable bonds is 20. The van der Waals surface area contributed by atoms with Crippen molar-refractivity contribution in [3.8, 4) is 22.8 Å². The van der Waals surface area contributed by atoms with Gasteiger partial charge in [-0.1, -0.05) is 63.4 Å². The van der Waals surface area contributed by atoms with Gasteiger partial charge in [0.05, 0.1) is 31.7 Å². The minimum absolute atomic E-state index is 0.0356. The van der Waals surface area contributed by atoms with E-state index in [1.165, 1.54) is 18.2 Å². The van der Waals surface area contributed by atoms with Crippen LogP contribution in [0.4, 0.5) is 0 Å². The number of nitrogens with zero attached hydrogens (tertiary/aromatic N) is 1. The lowest BCUT2D eigenvalue weighted by atomic mass is 9.90. The fraction of sp³-hybridized carbons (Fsp3) is 0.394. The van der Waals surface area contributed by atoms with Gasteiger partial charge in [-0.05, 0) is 49.6 Å². The van der Waals surface area contributed by atoms with Crippen molar-refractivity contribution < 1.29 is 47.2 Å². The topological polar surface area (TPSA) is 174 Å². The molecule has 1 aromatic heterocycles. The molecule has 47 heavy (non-hydrogen) atoms. The van der Waals surface area contributed by atoms with E-state index in [9.17, 15) is 28.6 Å². The first-order chi connectivity index (χ1) is 22.7. The van der Waals surface area contributed by atoms with E-state index < -0.39 is 38.0 Å². The number of furan rings is 1. The molecule has 3 rings (SSSR count). The normalized spacial score (nSPS) is 12.7. The number of hydrogen-bond donors (Lipinski definition) is 3. The van der Waals surface area contributed by atoms with Crippen LogP contribution in [-0.4, -0.2) is 53.5 Å². The maximum Gasteiger partial charge on any atom is 0.365 e. The van der Waals surface area contributed by atoms with Gasteiger partial charge in [0.1, 0.15) is 17.3 Å². The summed E-state index contributed by atoms with van der Waals surface area (Å²) in [6.07, 6.45) is 3.66. The second-order valence-corrected chi connectivity index (χ2v) is 11.3. The molecular weight excluding hydrogens is 629 g/mol. The van der Waals surface area contributed by atoms with E-state index in [0.717, 1.165) is 23.5 Å². The average molecular weight is 672 g/mol. The van der Waals surface area contributed by atoms with Crippen LogP contribution in [0, 0.1) is 5.92 Å². The molecule has 0 aliphatic carbocycles. The predicted molar refractivity (Wildman–Crippen MR) is 173 cm³/mol. The molecule has 3 N–H and O–H groups in total. The van der Waals surface area contributed by atoms with Crippen LogP contribution < -0.4 is 19.9 Å². The Labute approximate surface area is 274 Å². The summed E-state index contributed by atoms with van der Waals surface area (Å²) < 4.78 is 27.4. The van der Waals surface area contributed by atoms with Crippen molar-refractivity contribution in [3.63, 3.8) is 0 Å². The highest BCUT2D eigenvalue weighted by molar-refractivity contribution is 7.32. The third kappa shape index (κ3) is 11.6. The maximum atomic E-state index is 13.4. The summed E-state index contributed by atoms with van der Waals surface area (Å²) >= 11 is 0. The molecule has 0 aliphatic rings. The molecule has 0 saturated heterocycles. The second-order valence-electron chi connectivity index (χ2n) is 10.6. The molecule has 0 radical (unpaired) electrons. The molecule has 0 bridgehead atoms. The van der Waals surface area contributed by atoms with Gasteiger partial charge >= 0.3 is 14.2 Å². The molecule has 0 spiro atoms. The summed E-state index contributed by atoms with van der Waals surface area (Å²) in [7, 11) is -3.26. The van der Waals surface area contributed by atoms with Crippen LogP contribution in [0.3, 0.4) is 0 Å². The predicted octanol–water partition coefficient (Wildman–Crippen LogP) is 5.04. The summed E-state index contributed by atoms with van der Waals surface area (Å²) in [5.41, 5.74) is 1.18. The van der Waals surface area contributed by atoms with Gasteiger partial charge in [-0.15, -0.1) is 0 Å². The van der Waals surface area contributed by atoms with Crippen molar-refractivity contribution in [3.05, 3.63) is 72.0 Å². The van der Waals surface area contributed by atoms with Crippen LogP contribution in [0.5, 0.6) is 11.5 Å². The molecule has 14 heteroatoms. The Bertz CT molecular complexity index is 1500. The summed E-state index contributed by atoms with van der Waals surface area (Å²) in [6.45, 7) is 5.73. The monoisotopic (exact) mass is 671 g/mol. The molecule has 13 nitrogen and oxygen atoms in total. The Morgan fingerprint density at radius 2 is 1.74 bits per heavy atom. The number of hydroxylamine groups is 2. The first kappa shape index (κ1) is 36.9. The number of unbranched alkanes of at least 4 members (excludes halogenated alkanes) is 2. The fourth-order valence-electron chi connectivity index (χ4n) is 5.00. The number of nitrogens with one attached hydrogen (secondary N) is 2. The summed E-state index contributed by atoms with van der Waals surface area (Å²) in [4.78, 5) is 65.5. The van der Waals surface area contributed by atoms with Gasteiger partial charge in [-0.3, -0.25) is 14.4 Å². The van der Waals surface area contributed by atoms with Crippen molar-refractivity contribution in [1.29, 1.82) is 0 Å². The molecule has 3 amide bonds. The summed E-state index contributed by atoms with van der Waals surface area (Å²) in [6, 6.07) is 15.8. The van der Waals surface area contributed by atoms with E-state index in [4.69, 9.17) is 18.5 Å². The van der Waals surface area contributed by atoms with Crippen LogP contribution >= 0.6 is 8.25 Å². The lowest BCUT2D eigenvalue weighted by molar-refractivity contribution is -0.203. The number of carbonyl (C=O) groups excluding carboxylic acids is 4. The van der Waals surface area contributed by atoms with Gasteiger partial charge in [-0.2, -0.15) is 5.06 Å². The van der Waals surface area contributed by atoms with Crippen LogP contribution in [0.2, 0.25) is 0 Å². The molecule has 0 saturated carbocycles. The number of benzene rings is 2. The lowest BCUT2D eigenvalue weighted by Crippen LogP contribution is -2.49. The number of amides is 3. The Kier molecular flexibility index (Phi) is 15.0. The largest absolute Gasteiger partial charge is 0.494 e. The molecule has 1 heterocycles. The van der Waals surface area contributed by atoms with E-state index >= 15 is 0 Å². The first-order valence-electron chi connectivity index (χ1n) is 15.5. The Balaban J connectivity index is 1.65. The number of ether oxygens (including phenoxy) is 1. The van der Waals surface area contributed by atoms with E-state index in [1.807, 2.05) is 13.0 Å². The smallest absolute Gasteiger partial charge is 0.365 e. The third-order valence-corrected chi connectivity index (χ3v) is 7.60. The molecule has 3 aromatic rings. The van der Waals surface area contributed by atoms with E-state index in [1.54, 1.807) is 50.2 Å². The van der Waals surface area contributed by atoms with E-state index in [2.05, 4.69) is 10.6 Å². The molecule has 254 valence electrons. The second kappa shape index (κ2) is 19.1. The van der Waals surface area contributed by atoms with E-state index in [-0.39, 0.29) is 30.4 Å². The zero-order valence-electron chi connectivity index (χ0n) is 26.7. The van der Waals surface area contributed by atoms with Gasteiger partial charge in [-0.25, -0.2) is 9.36 Å². The molecule has 0 aliphatic heterocycles. The van der Waals surface area contributed by atoms with Gasteiger partial charge in [0.25, 0.3) is 5.91 Å². The zero-order chi connectivity index (χ0) is 34.2. The lowest BCUT2D eigenvalue weighted by Gasteiger charge is -2.31. The molecule has 3 unspecified atom stereocenters. The summed E-state index contributed by atoms with van der Waals surface area (Å²) in [5.74, 6) is -1.64. The highest BCUT2D eigenvalue weighted by atomic mass is 31.1. The van der Waals surface area contributed by atoms with Gasteiger partial charge in [0.15, 0.2) is 5.76 Å². The minimum atomic E-state index is -3.26. The highest BCUT2D eigenvalue weighted by Crippen LogP contribution is 2.34. The Morgan fingerprint density at radius 3 is 2.40 bits per heavy atom. The quantitative estimate of drug-likeness (QED) is 0.0485. The first-order valence-corrected chi connectivity index (χ1v) is 16.8. The minimum Gasteiger partial charge on any atom is -0.494 e. The van der Waals surface area contributed by atoms with Crippen LogP contribution in [0.1, 0.15) is 69.0 Å². The van der Waals surface area contributed by atoms with Crippen LogP contribution in [-0.2, 0) is 30.2 Å². The van der Waals surface area contributed by atoms with E-state index in [0.29, 0.717) is 43.6 Å². The Morgan fingerprint density at radius 1 is 1.00 bits per heavy atom. The van der Waals surface area contributed by atoms with Crippen molar-refractivity contribution >= 4 is 32.4 Å². The van der Waals surface area contributed by atoms with Crippen molar-refractivity contribution in [1.82, 2.24) is 15.7 Å². The van der Waals surface area contributed by atoms with Gasteiger partial charge < -0.3 is 34.0 Å². The van der Waals surface area contributed by atoms with Crippen molar-refractivity contribution in [2.24, 2.45) is 5.92 Å². The molecular formula is C33H42N3O10P. The number of hydrogen-bond acceptors (Lipinski definition) is 9. The SMILES string of the molecule is CCCCCC(C(=O)NCNC(=O)c1ccc(-c2cc(OCC)cc(O[PH](=O)O)c2)o1)C(CC)N(C=O)OC(=O)Cc1ccccc1. The molecule has 3 atom stereocenters. The van der Waals surface area contributed by atoms with Crippen LogP contribution in [0.25, 0.3) is 11.3 Å². The average Bonchev–Trinajstić information content (AvgIpc) is 3.55. The molecule has 2 aromatic carbocycles. The Hall–Kier alpha value is -4.61. The highest BCUT2D eigenvalue weighted by Gasteiger charge is 2.33. The van der Waals surface area contributed by atoms with Crippen LogP contribution in [0.15, 0.2) is 65.1 Å². The zero-order valence-corrected chi connectivity index (χ0v) is 27.7. The van der Waals surface area contributed by atoms with Gasteiger partial charge in [0.2, 0.25) is 12.3 Å². The van der Waals surface area contributed by atoms with Crippen molar-refractivity contribution in [2.75, 3.05) is 13.3 Å². The van der Waals surface area contributed by atoms with Crippen molar-refractivity contribution in [2.45, 2.75) is 65.3 Å². The fourth-order valence-corrected chi connectivity index (χ4v) is 5.32. The maximum absolute atomic E-state index is 13.4.